The molecule has 3 N–H and O–H groups in total. The standard InChI is InChI=1S/C17H23FN4O2/c1-11-7-12(18)5-6-13(11)22-8-14(23)15(20-22)16(24)21(4)10-17(2,3)9-19/h5-8,23H,9-10,19H2,1-4H3. The Labute approximate surface area is 140 Å². The number of aryl methyl sites for hydroxylation is 1. The van der Waals surface area contributed by atoms with Crippen LogP contribution in [0.4, 0.5) is 4.39 Å². The van der Waals surface area contributed by atoms with E-state index in [0.717, 1.165) is 0 Å². The number of nitrogens with two attached hydrogens (primary N) is 1. The van der Waals surface area contributed by atoms with E-state index < -0.39 is 5.91 Å². The molecule has 0 atom stereocenters. The summed E-state index contributed by atoms with van der Waals surface area (Å²) in [5.41, 5.74) is 6.65. The first-order chi connectivity index (χ1) is 11.1. The van der Waals surface area contributed by atoms with Crippen LogP contribution in [-0.4, -0.2) is 45.8 Å². The Bertz CT molecular complexity index is 755. The van der Waals surface area contributed by atoms with E-state index in [4.69, 9.17) is 5.73 Å². The summed E-state index contributed by atoms with van der Waals surface area (Å²) in [6, 6.07) is 4.22. The molecule has 0 radical (unpaired) electrons. The molecule has 24 heavy (non-hydrogen) atoms. The molecule has 7 heteroatoms. The average molecular weight is 334 g/mol. The van der Waals surface area contributed by atoms with Crippen LogP contribution in [0.25, 0.3) is 5.69 Å². The topological polar surface area (TPSA) is 84.4 Å². The van der Waals surface area contributed by atoms with E-state index in [1.54, 1.807) is 20.0 Å². The van der Waals surface area contributed by atoms with Gasteiger partial charge in [0.25, 0.3) is 5.91 Å². The minimum absolute atomic E-state index is 0.0472. The van der Waals surface area contributed by atoms with Crippen LogP contribution in [-0.2, 0) is 0 Å². The SMILES string of the molecule is Cc1cc(F)ccc1-n1cc(O)c(C(=O)N(C)CC(C)(C)CN)n1. The quantitative estimate of drug-likeness (QED) is 0.877. The van der Waals surface area contributed by atoms with Crippen molar-refractivity contribution in [3.8, 4) is 11.4 Å². The molecule has 130 valence electrons. The van der Waals surface area contributed by atoms with Crippen molar-refractivity contribution in [3.05, 3.63) is 41.5 Å². The van der Waals surface area contributed by atoms with E-state index in [2.05, 4.69) is 5.10 Å². The molecule has 1 amide bonds. The minimum Gasteiger partial charge on any atom is -0.504 e. The maximum Gasteiger partial charge on any atom is 0.278 e. The van der Waals surface area contributed by atoms with Crippen molar-refractivity contribution in [2.75, 3.05) is 20.1 Å². The van der Waals surface area contributed by atoms with Crippen LogP contribution >= 0.6 is 0 Å². The first-order valence-electron chi connectivity index (χ1n) is 7.65. The molecule has 1 aromatic heterocycles. The van der Waals surface area contributed by atoms with Gasteiger partial charge in [0.05, 0.1) is 11.9 Å². The van der Waals surface area contributed by atoms with Crippen molar-refractivity contribution in [1.82, 2.24) is 14.7 Å². The highest BCUT2D eigenvalue weighted by Gasteiger charge is 2.26. The molecule has 0 aliphatic rings. The van der Waals surface area contributed by atoms with Gasteiger partial charge in [-0.2, -0.15) is 5.10 Å². The summed E-state index contributed by atoms with van der Waals surface area (Å²) in [6.07, 6.45) is 1.34. The molecule has 0 spiro atoms. The second-order valence-corrected chi connectivity index (χ2v) is 6.77. The molecule has 6 nitrogen and oxygen atoms in total. The third kappa shape index (κ3) is 3.73. The summed E-state index contributed by atoms with van der Waals surface area (Å²) in [5.74, 6) is -0.971. The fraction of sp³-hybridized carbons (Fsp3) is 0.412. The van der Waals surface area contributed by atoms with Gasteiger partial charge in [-0.3, -0.25) is 4.79 Å². The van der Waals surface area contributed by atoms with Gasteiger partial charge in [-0.25, -0.2) is 9.07 Å². The van der Waals surface area contributed by atoms with Gasteiger partial charge in [-0.05, 0) is 42.6 Å². The van der Waals surface area contributed by atoms with Crippen LogP contribution in [0.2, 0.25) is 0 Å². The predicted molar refractivity (Wildman–Crippen MR) is 89.7 cm³/mol. The number of rotatable bonds is 5. The Morgan fingerprint density at radius 2 is 2.12 bits per heavy atom. The zero-order chi connectivity index (χ0) is 18.1. The molecular formula is C17H23FN4O2. The van der Waals surface area contributed by atoms with Gasteiger partial charge in [0.15, 0.2) is 11.4 Å². The van der Waals surface area contributed by atoms with Gasteiger partial charge in [0.2, 0.25) is 0 Å². The molecule has 0 aliphatic carbocycles. The zero-order valence-corrected chi connectivity index (χ0v) is 14.4. The summed E-state index contributed by atoms with van der Waals surface area (Å²) in [5, 5.41) is 14.3. The number of benzene rings is 1. The molecule has 0 bridgehead atoms. The zero-order valence-electron chi connectivity index (χ0n) is 14.4. The van der Waals surface area contributed by atoms with Crippen LogP contribution in [0.5, 0.6) is 5.75 Å². The average Bonchev–Trinajstić information content (AvgIpc) is 2.87. The lowest BCUT2D eigenvalue weighted by atomic mass is 9.93. The van der Waals surface area contributed by atoms with Gasteiger partial charge in [-0.15, -0.1) is 0 Å². The van der Waals surface area contributed by atoms with Crippen LogP contribution in [0, 0.1) is 18.2 Å². The smallest absolute Gasteiger partial charge is 0.278 e. The normalized spacial score (nSPS) is 11.6. The van der Waals surface area contributed by atoms with Crippen molar-refractivity contribution in [2.24, 2.45) is 11.1 Å². The summed E-state index contributed by atoms with van der Waals surface area (Å²) in [7, 11) is 1.64. The maximum atomic E-state index is 13.2. The maximum absolute atomic E-state index is 13.2. The lowest BCUT2D eigenvalue weighted by molar-refractivity contribution is 0.0731. The number of nitrogens with zero attached hydrogens (tertiary/aromatic N) is 3. The van der Waals surface area contributed by atoms with E-state index in [0.29, 0.717) is 24.3 Å². The van der Waals surface area contributed by atoms with Crippen molar-refractivity contribution in [3.63, 3.8) is 0 Å². The molecule has 0 saturated heterocycles. The molecule has 1 aromatic carbocycles. The monoisotopic (exact) mass is 334 g/mol. The third-order valence-electron chi connectivity index (χ3n) is 3.87. The first kappa shape index (κ1) is 17.9. The molecule has 1 heterocycles. The van der Waals surface area contributed by atoms with E-state index in [9.17, 15) is 14.3 Å². The van der Waals surface area contributed by atoms with E-state index in [1.165, 1.54) is 27.9 Å². The van der Waals surface area contributed by atoms with Gasteiger partial charge < -0.3 is 15.7 Å². The van der Waals surface area contributed by atoms with Crippen LogP contribution < -0.4 is 5.73 Å². The summed E-state index contributed by atoms with van der Waals surface area (Å²) < 4.78 is 14.6. The fourth-order valence-corrected chi connectivity index (χ4v) is 2.48. The summed E-state index contributed by atoms with van der Waals surface area (Å²) in [4.78, 5) is 14.0. The van der Waals surface area contributed by atoms with Crippen LogP contribution in [0.1, 0.15) is 29.9 Å². The Morgan fingerprint density at radius 1 is 1.46 bits per heavy atom. The second kappa shape index (κ2) is 6.60. The van der Waals surface area contributed by atoms with Crippen molar-refractivity contribution >= 4 is 5.91 Å². The molecule has 2 aromatic rings. The molecule has 0 saturated carbocycles. The van der Waals surface area contributed by atoms with Crippen molar-refractivity contribution in [2.45, 2.75) is 20.8 Å². The lowest BCUT2D eigenvalue weighted by Crippen LogP contribution is -2.40. The number of aromatic hydroxyl groups is 1. The van der Waals surface area contributed by atoms with E-state index >= 15 is 0 Å². The summed E-state index contributed by atoms with van der Waals surface area (Å²) in [6.45, 7) is 6.51. The van der Waals surface area contributed by atoms with Gasteiger partial charge in [-0.1, -0.05) is 13.8 Å². The highest BCUT2D eigenvalue weighted by atomic mass is 19.1. The Hall–Kier alpha value is -2.41. The minimum atomic E-state index is -0.396. The first-order valence-corrected chi connectivity index (χ1v) is 7.65. The van der Waals surface area contributed by atoms with Gasteiger partial charge >= 0.3 is 0 Å². The number of aromatic nitrogens is 2. The highest BCUT2D eigenvalue weighted by molar-refractivity contribution is 5.94. The Kier molecular flexibility index (Phi) is 4.94. The Balaban J connectivity index is 2.30. The van der Waals surface area contributed by atoms with Crippen LogP contribution in [0.3, 0.4) is 0 Å². The number of hydrogen-bond donors (Lipinski definition) is 2. The third-order valence-corrected chi connectivity index (χ3v) is 3.87. The lowest BCUT2D eigenvalue weighted by Gasteiger charge is -2.28. The molecule has 0 aliphatic heterocycles. The predicted octanol–water partition coefficient (Wildman–Crippen LogP) is 2.08. The number of hydrogen-bond acceptors (Lipinski definition) is 4. The molecular weight excluding hydrogens is 311 g/mol. The summed E-state index contributed by atoms with van der Waals surface area (Å²) >= 11 is 0. The second-order valence-electron chi connectivity index (χ2n) is 6.77. The van der Waals surface area contributed by atoms with Gasteiger partial charge in [0, 0.05) is 13.6 Å². The molecule has 2 rings (SSSR count). The number of amides is 1. The Morgan fingerprint density at radius 3 is 2.71 bits per heavy atom. The van der Waals surface area contributed by atoms with E-state index in [1.807, 2.05) is 13.8 Å². The van der Waals surface area contributed by atoms with E-state index in [-0.39, 0.29) is 22.7 Å². The number of carbonyl (C=O) groups excluding carboxylic acids is 1. The molecule has 0 fully saturated rings. The number of carbonyl (C=O) groups is 1. The van der Waals surface area contributed by atoms with Gasteiger partial charge in [0.1, 0.15) is 5.82 Å². The number of halogens is 1. The largest absolute Gasteiger partial charge is 0.504 e. The fourth-order valence-electron chi connectivity index (χ4n) is 2.48. The van der Waals surface area contributed by atoms with Crippen molar-refractivity contribution < 1.29 is 14.3 Å². The highest BCUT2D eigenvalue weighted by Crippen LogP contribution is 2.23. The molecule has 0 unspecified atom stereocenters. The van der Waals surface area contributed by atoms with Crippen molar-refractivity contribution in [1.29, 1.82) is 0 Å². The van der Waals surface area contributed by atoms with Crippen LogP contribution in [0.15, 0.2) is 24.4 Å².